The highest BCUT2D eigenvalue weighted by atomic mass is 16.5. The van der Waals surface area contributed by atoms with Crippen LogP contribution in [0.25, 0.3) is 10.9 Å². The molecule has 0 aliphatic carbocycles. The molecule has 0 saturated carbocycles. The lowest BCUT2D eigenvalue weighted by molar-refractivity contribution is 0.0221. The summed E-state index contributed by atoms with van der Waals surface area (Å²) >= 11 is 0. The Morgan fingerprint density at radius 3 is 2.52 bits per heavy atom. The second-order valence-electron chi connectivity index (χ2n) is 7.90. The van der Waals surface area contributed by atoms with Gasteiger partial charge in [0.15, 0.2) is 0 Å². The highest BCUT2D eigenvalue weighted by molar-refractivity contribution is 5.81. The molecule has 0 amide bonds. The molecule has 2 atom stereocenters. The Morgan fingerprint density at radius 1 is 1.09 bits per heavy atom. The van der Waals surface area contributed by atoms with Crippen LogP contribution in [0.5, 0.6) is 5.75 Å². The maximum absolute atomic E-state index is 5.35. The molecule has 0 radical (unpaired) electrons. The third kappa shape index (κ3) is 2.55. The van der Waals surface area contributed by atoms with Crippen molar-refractivity contribution in [3.8, 4) is 5.75 Å². The number of nitrogens with zero attached hydrogens (tertiary/aromatic N) is 2. The summed E-state index contributed by atoms with van der Waals surface area (Å²) in [7, 11) is 1.73. The lowest BCUT2D eigenvalue weighted by atomic mass is 9.93. The van der Waals surface area contributed by atoms with E-state index in [2.05, 4.69) is 53.8 Å². The molecule has 2 aliphatic heterocycles. The van der Waals surface area contributed by atoms with E-state index < -0.39 is 0 Å². The van der Waals surface area contributed by atoms with Crippen LogP contribution in [0.1, 0.15) is 46.0 Å². The van der Waals surface area contributed by atoms with E-state index >= 15 is 0 Å². The molecular weight excluding hydrogens is 284 g/mol. The van der Waals surface area contributed by atoms with Gasteiger partial charge in [0, 0.05) is 41.3 Å². The molecule has 2 unspecified atom stereocenters. The lowest BCUT2D eigenvalue weighted by Crippen LogP contribution is -2.54. The number of rotatable bonds is 4. The average Bonchev–Trinajstić information content (AvgIpc) is 3.05. The van der Waals surface area contributed by atoms with E-state index in [1.807, 2.05) is 0 Å². The van der Waals surface area contributed by atoms with Crippen LogP contribution in [-0.2, 0) is 6.54 Å². The standard InChI is InChI=1S/C20H28N2O/c1-20(2,22-16-5-4-6-17(22)8-7-16)14-21-12-11-15-13-18(23-3)9-10-19(15)21/h9-13,16-17H,4-8,14H2,1-3H3. The monoisotopic (exact) mass is 312 g/mol. The zero-order valence-electron chi connectivity index (χ0n) is 14.6. The number of fused-ring (bicyclic) bond motifs is 3. The normalized spacial score (nSPS) is 25.2. The van der Waals surface area contributed by atoms with E-state index in [0.717, 1.165) is 24.4 Å². The van der Waals surface area contributed by atoms with Crippen LogP contribution in [0.3, 0.4) is 0 Å². The summed E-state index contributed by atoms with van der Waals surface area (Å²) in [6.07, 6.45) is 9.24. The highest BCUT2D eigenvalue weighted by Crippen LogP contribution is 2.41. The van der Waals surface area contributed by atoms with E-state index in [-0.39, 0.29) is 5.54 Å². The van der Waals surface area contributed by atoms with Gasteiger partial charge in [0.25, 0.3) is 0 Å². The zero-order valence-corrected chi connectivity index (χ0v) is 14.6. The molecule has 1 aromatic carbocycles. The Morgan fingerprint density at radius 2 is 1.83 bits per heavy atom. The van der Waals surface area contributed by atoms with E-state index in [4.69, 9.17) is 4.74 Å². The SMILES string of the molecule is COc1ccc2c(ccn2CC(C)(C)N2C3CCCC2CC3)c1. The van der Waals surface area contributed by atoms with Crippen molar-refractivity contribution in [1.29, 1.82) is 0 Å². The van der Waals surface area contributed by atoms with Gasteiger partial charge in [0.1, 0.15) is 5.75 Å². The number of methoxy groups -OCH3 is 1. The summed E-state index contributed by atoms with van der Waals surface area (Å²) in [5.41, 5.74) is 1.52. The Hall–Kier alpha value is -1.48. The number of benzene rings is 1. The fraction of sp³-hybridized carbons (Fsp3) is 0.600. The van der Waals surface area contributed by atoms with Crippen molar-refractivity contribution in [2.75, 3.05) is 7.11 Å². The maximum atomic E-state index is 5.35. The fourth-order valence-electron chi connectivity index (χ4n) is 5.05. The molecule has 3 heterocycles. The van der Waals surface area contributed by atoms with Gasteiger partial charge in [0.05, 0.1) is 7.11 Å². The smallest absolute Gasteiger partial charge is 0.119 e. The molecule has 124 valence electrons. The second kappa shape index (κ2) is 5.55. The molecular formula is C20H28N2O. The Labute approximate surface area is 139 Å². The van der Waals surface area contributed by atoms with Crippen LogP contribution in [-0.4, -0.2) is 34.2 Å². The first-order valence-corrected chi connectivity index (χ1v) is 9.00. The van der Waals surface area contributed by atoms with Crippen molar-refractivity contribution in [3.63, 3.8) is 0 Å². The first-order chi connectivity index (χ1) is 11.1. The van der Waals surface area contributed by atoms with Crippen molar-refractivity contribution < 1.29 is 4.74 Å². The summed E-state index contributed by atoms with van der Waals surface area (Å²) in [6.45, 7) is 5.91. The minimum atomic E-state index is 0.206. The summed E-state index contributed by atoms with van der Waals surface area (Å²) < 4.78 is 7.77. The maximum Gasteiger partial charge on any atom is 0.119 e. The molecule has 2 fully saturated rings. The Kier molecular flexibility index (Phi) is 3.64. The number of hydrogen-bond acceptors (Lipinski definition) is 2. The van der Waals surface area contributed by atoms with Crippen molar-refractivity contribution in [2.24, 2.45) is 0 Å². The predicted molar refractivity (Wildman–Crippen MR) is 95.1 cm³/mol. The van der Waals surface area contributed by atoms with Crippen LogP contribution < -0.4 is 4.74 Å². The van der Waals surface area contributed by atoms with Crippen molar-refractivity contribution in [2.45, 2.75) is 70.1 Å². The Bertz CT molecular complexity index is 687. The van der Waals surface area contributed by atoms with Crippen molar-refractivity contribution >= 4 is 10.9 Å². The lowest BCUT2D eigenvalue weighted by Gasteiger charge is -2.46. The van der Waals surface area contributed by atoms with E-state index in [9.17, 15) is 0 Å². The highest BCUT2D eigenvalue weighted by Gasteiger charge is 2.44. The van der Waals surface area contributed by atoms with E-state index in [1.165, 1.54) is 43.0 Å². The van der Waals surface area contributed by atoms with Gasteiger partial charge in [-0.3, -0.25) is 4.90 Å². The first kappa shape index (κ1) is 15.1. The third-order valence-electron chi connectivity index (χ3n) is 5.93. The molecule has 3 heteroatoms. The van der Waals surface area contributed by atoms with Crippen LogP contribution in [0.15, 0.2) is 30.5 Å². The first-order valence-electron chi connectivity index (χ1n) is 9.00. The van der Waals surface area contributed by atoms with Gasteiger partial charge in [-0.25, -0.2) is 0 Å². The van der Waals surface area contributed by atoms with Gasteiger partial charge < -0.3 is 9.30 Å². The van der Waals surface area contributed by atoms with Crippen LogP contribution in [0, 0.1) is 0 Å². The fourth-order valence-corrected chi connectivity index (χ4v) is 5.05. The van der Waals surface area contributed by atoms with Crippen LogP contribution in [0.2, 0.25) is 0 Å². The third-order valence-corrected chi connectivity index (χ3v) is 5.93. The number of piperidine rings is 1. The molecule has 2 saturated heterocycles. The summed E-state index contributed by atoms with van der Waals surface area (Å²) in [6, 6.07) is 10.2. The molecule has 3 nitrogen and oxygen atoms in total. The zero-order chi connectivity index (χ0) is 16.0. The van der Waals surface area contributed by atoms with Crippen LogP contribution in [0.4, 0.5) is 0 Å². The molecule has 0 spiro atoms. The molecule has 0 N–H and O–H groups in total. The molecule has 4 rings (SSSR count). The van der Waals surface area contributed by atoms with Crippen molar-refractivity contribution in [1.82, 2.24) is 9.47 Å². The van der Waals surface area contributed by atoms with Gasteiger partial charge in [-0.15, -0.1) is 0 Å². The summed E-state index contributed by atoms with van der Waals surface area (Å²) in [4.78, 5) is 2.84. The predicted octanol–water partition coefficient (Wildman–Crippen LogP) is 4.45. The average molecular weight is 312 g/mol. The number of ether oxygens (including phenoxy) is 1. The topological polar surface area (TPSA) is 17.4 Å². The van der Waals surface area contributed by atoms with Gasteiger partial charge in [-0.2, -0.15) is 0 Å². The number of hydrogen-bond donors (Lipinski definition) is 0. The van der Waals surface area contributed by atoms with E-state index in [1.54, 1.807) is 7.11 Å². The quantitative estimate of drug-likeness (QED) is 0.830. The molecule has 2 aromatic rings. The van der Waals surface area contributed by atoms with E-state index in [0.29, 0.717) is 0 Å². The second-order valence-corrected chi connectivity index (χ2v) is 7.90. The Balaban J connectivity index is 1.62. The van der Waals surface area contributed by atoms with Gasteiger partial charge >= 0.3 is 0 Å². The minimum absolute atomic E-state index is 0.206. The van der Waals surface area contributed by atoms with Gasteiger partial charge in [-0.1, -0.05) is 6.42 Å². The molecule has 2 aliphatic rings. The molecule has 1 aromatic heterocycles. The molecule has 23 heavy (non-hydrogen) atoms. The van der Waals surface area contributed by atoms with Gasteiger partial charge in [0.2, 0.25) is 0 Å². The molecule has 2 bridgehead atoms. The van der Waals surface area contributed by atoms with Crippen molar-refractivity contribution in [3.05, 3.63) is 30.5 Å². The van der Waals surface area contributed by atoms with Gasteiger partial charge in [-0.05, 0) is 63.8 Å². The number of aromatic nitrogens is 1. The summed E-state index contributed by atoms with van der Waals surface area (Å²) in [5, 5.41) is 1.27. The summed E-state index contributed by atoms with van der Waals surface area (Å²) in [5.74, 6) is 0.934. The minimum Gasteiger partial charge on any atom is -0.497 e. The van der Waals surface area contributed by atoms with Crippen LogP contribution >= 0.6 is 0 Å². The largest absolute Gasteiger partial charge is 0.497 e.